The Hall–Kier alpha value is -1.10. The molecular weight excluding hydrogens is 242 g/mol. The highest BCUT2D eigenvalue weighted by Crippen LogP contribution is 2.08. The summed E-state index contributed by atoms with van der Waals surface area (Å²) in [4.78, 5) is 25.5. The summed E-state index contributed by atoms with van der Waals surface area (Å²) in [5, 5.41) is 2.78. The van der Waals surface area contributed by atoms with Crippen molar-refractivity contribution in [1.82, 2.24) is 10.2 Å². The minimum Gasteiger partial charge on any atom is -0.347 e. The van der Waals surface area contributed by atoms with Crippen LogP contribution in [0.25, 0.3) is 0 Å². The minimum atomic E-state index is -0.524. The summed E-state index contributed by atoms with van der Waals surface area (Å²) in [5.41, 5.74) is 5.82. The van der Waals surface area contributed by atoms with Crippen molar-refractivity contribution in [3.63, 3.8) is 0 Å². The Labute approximate surface area is 116 Å². The van der Waals surface area contributed by atoms with Gasteiger partial charge >= 0.3 is 0 Å². The Balaban J connectivity index is 4.54. The first-order chi connectivity index (χ1) is 8.79. The van der Waals surface area contributed by atoms with Crippen molar-refractivity contribution in [2.24, 2.45) is 11.7 Å². The molecule has 0 aliphatic heterocycles. The lowest BCUT2D eigenvalue weighted by Gasteiger charge is -2.24. The van der Waals surface area contributed by atoms with Gasteiger partial charge in [-0.3, -0.25) is 9.59 Å². The Morgan fingerprint density at radius 2 is 1.84 bits per heavy atom. The van der Waals surface area contributed by atoms with Crippen LogP contribution in [0.15, 0.2) is 0 Å². The number of amides is 2. The number of nitrogens with zero attached hydrogens (tertiary/aromatic N) is 1. The Morgan fingerprint density at radius 1 is 1.26 bits per heavy atom. The topological polar surface area (TPSA) is 75.4 Å². The third-order valence-electron chi connectivity index (χ3n) is 2.97. The SMILES string of the molecule is CCCC[C@H](N)C(=O)NC(CC(C)C)C(=O)N(C)C. The van der Waals surface area contributed by atoms with E-state index in [1.54, 1.807) is 14.1 Å². The molecule has 19 heavy (non-hydrogen) atoms. The van der Waals surface area contributed by atoms with Gasteiger partial charge in [-0.15, -0.1) is 0 Å². The van der Waals surface area contributed by atoms with E-state index in [9.17, 15) is 9.59 Å². The molecule has 0 spiro atoms. The monoisotopic (exact) mass is 271 g/mol. The standard InChI is InChI=1S/C14H29N3O2/c1-6-7-8-11(15)13(18)16-12(9-10(2)3)14(19)17(4)5/h10-12H,6-9,15H2,1-5H3,(H,16,18)/t11-,12?/m0/s1. The van der Waals surface area contributed by atoms with Gasteiger partial charge in [-0.2, -0.15) is 0 Å². The average Bonchev–Trinajstić information content (AvgIpc) is 2.33. The van der Waals surface area contributed by atoms with Crippen LogP contribution in [0.3, 0.4) is 0 Å². The van der Waals surface area contributed by atoms with Crippen LogP contribution in [0.5, 0.6) is 0 Å². The predicted molar refractivity (Wildman–Crippen MR) is 77.6 cm³/mol. The minimum absolute atomic E-state index is 0.0789. The van der Waals surface area contributed by atoms with Gasteiger partial charge in [0, 0.05) is 14.1 Å². The number of likely N-dealkylation sites (N-methyl/N-ethyl adjacent to an activating group) is 1. The van der Waals surface area contributed by atoms with Crippen LogP contribution in [0.1, 0.15) is 46.5 Å². The summed E-state index contributed by atoms with van der Waals surface area (Å²) in [6, 6.07) is -1.00. The van der Waals surface area contributed by atoms with Gasteiger partial charge in [0.15, 0.2) is 0 Å². The molecule has 0 rings (SSSR count). The summed E-state index contributed by atoms with van der Waals surface area (Å²) in [6.07, 6.45) is 3.22. The van der Waals surface area contributed by atoms with E-state index < -0.39 is 12.1 Å². The molecule has 0 aliphatic rings. The molecule has 112 valence electrons. The van der Waals surface area contributed by atoms with Crippen LogP contribution < -0.4 is 11.1 Å². The average molecular weight is 271 g/mol. The van der Waals surface area contributed by atoms with Crippen LogP contribution in [0, 0.1) is 5.92 Å². The first kappa shape index (κ1) is 17.9. The fraction of sp³-hybridized carbons (Fsp3) is 0.857. The number of nitrogens with one attached hydrogen (secondary N) is 1. The van der Waals surface area contributed by atoms with Crippen molar-refractivity contribution in [3.8, 4) is 0 Å². The lowest BCUT2D eigenvalue weighted by atomic mass is 10.0. The lowest BCUT2D eigenvalue weighted by Crippen LogP contribution is -2.51. The summed E-state index contributed by atoms with van der Waals surface area (Å²) in [6.45, 7) is 6.11. The number of unbranched alkanes of at least 4 members (excludes halogenated alkanes) is 1. The molecule has 2 amide bonds. The Morgan fingerprint density at radius 3 is 2.26 bits per heavy atom. The first-order valence-corrected chi connectivity index (χ1v) is 7.06. The highest BCUT2D eigenvalue weighted by atomic mass is 16.2. The normalized spacial score (nSPS) is 14.1. The number of hydrogen-bond acceptors (Lipinski definition) is 3. The number of carbonyl (C=O) groups is 2. The van der Waals surface area contributed by atoms with Crippen molar-refractivity contribution in [3.05, 3.63) is 0 Å². The van der Waals surface area contributed by atoms with E-state index in [0.29, 0.717) is 18.8 Å². The largest absolute Gasteiger partial charge is 0.347 e. The quantitative estimate of drug-likeness (QED) is 0.694. The van der Waals surface area contributed by atoms with Gasteiger partial charge in [-0.1, -0.05) is 33.6 Å². The van der Waals surface area contributed by atoms with Crippen LogP contribution in [-0.2, 0) is 9.59 Å². The van der Waals surface area contributed by atoms with E-state index in [0.717, 1.165) is 12.8 Å². The van der Waals surface area contributed by atoms with Crippen molar-refractivity contribution >= 4 is 11.8 Å². The van der Waals surface area contributed by atoms with Gasteiger partial charge in [0.2, 0.25) is 11.8 Å². The molecule has 0 heterocycles. The number of carbonyl (C=O) groups excluding carboxylic acids is 2. The summed E-state index contributed by atoms with van der Waals surface area (Å²) < 4.78 is 0. The fourth-order valence-electron chi connectivity index (χ4n) is 1.84. The summed E-state index contributed by atoms with van der Waals surface area (Å²) in [5.74, 6) is 0.0279. The molecule has 5 nitrogen and oxygen atoms in total. The summed E-state index contributed by atoms with van der Waals surface area (Å²) in [7, 11) is 3.39. The van der Waals surface area contributed by atoms with Crippen LogP contribution >= 0.6 is 0 Å². The molecule has 3 N–H and O–H groups in total. The van der Waals surface area contributed by atoms with E-state index in [-0.39, 0.29) is 11.8 Å². The molecule has 5 heteroatoms. The van der Waals surface area contributed by atoms with Crippen molar-refractivity contribution in [2.45, 2.75) is 58.5 Å². The zero-order chi connectivity index (χ0) is 15.0. The molecule has 0 saturated carbocycles. The van der Waals surface area contributed by atoms with E-state index in [1.165, 1.54) is 4.90 Å². The maximum atomic E-state index is 12.0. The fourth-order valence-corrected chi connectivity index (χ4v) is 1.84. The Kier molecular flexibility index (Phi) is 8.39. The van der Waals surface area contributed by atoms with Crippen LogP contribution in [0.2, 0.25) is 0 Å². The molecular formula is C14H29N3O2. The highest BCUT2D eigenvalue weighted by molar-refractivity contribution is 5.89. The molecule has 0 fully saturated rings. The molecule has 0 saturated heterocycles. The molecule has 0 bridgehead atoms. The van der Waals surface area contributed by atoms with Gasteiger partial charge in [0.25, 0.3) is 0 Å². The van der Waals surface area contributed by atoms with Gasteiger partial charge < -0.3 is 16.0 Å². The van der Waals surface area contributed by atoms with Gasteiger partial charge in [-0.25, -0.2) is 0 Å². The second-order valence-electron chi connectivity index (χ2n) is 5.67. The lowest BCUT2D eigenvalue weighted by molar-refractivity contribution is -0.135. The predicted octanol–water partition coefficient (Wildman–Crippen LogP) is 1.12. The molecule has 0 radical (unpaired) electrons. The van der Waals surface area contributed by atoms with Gasteiger partial charge in [0.05, 0.1) is 6.04 Å². The molecule has 0 aromatic heterocycles. The van der Waals surface area contributed by atoms with Crippen LogP contribution in [0.4, 0.5) is 0 Å². The van der Waals surface area contributed by atoms with Crippen molar-refractivity contribution in [2.75, 3.05) is 14.1 Å². The first-order valence-electron chi connectivity index (χ1n) is 7.06. The third kappa shape index (κ3) is 7.15. The molecule has 0 aromatic rings. The molecule has 0 aliphatic carbocycles. The van der Waals surface area contributed by atoms with E-state index in [1.807, 2.05) is 13.8 Å². The number of nitrogens with two attached hydrogens (primary N) is 1. The van der Waals surface area contributed by atoms with Crippen molar-refractivity contribution < 1.29 is 9.59 Å². The number of rotatable bonds is 8. The van der Waals surface area contributed by atoms with E-state index in [2.05, 4.69) is 12.2 Å². The zero-order valence-electron chi connectivity index (χ0n) is 12.9. The van der Waals surface area contributed by atoms with E-state index >= 15 is 0 Å². The number of hydrogen-bond donors (Lipinski definition) is 2. The van der Waals surface area contributed by atoms with E-state index in [4.69, 9.17) is 5.73 Å². The summed E-state index contributed by atoms with van der Waals surface area (Å²) >= 11 is 0. The highest BCUT2D eigenvalue weighted by Gasteiger charge is 2.25. The zero-order valence-corrected chi connectivity index (χ0v) is 12.9. The maximum Gasteiger partial charge on any atom is 0.244 e. The van der Waals surface area contributed by atoms with Crippen LogP contribution in [-0.4, -0.2) is 42.9 Å². The van der Waals surface area contributed by atoms with Crippen molar-refractivity contribution in [1.29, 1.82) is 0 Å². The third-order valence-corrected chi connectivity index (χ3v) is 2.97. The van der Waals surface area contributed by atoms with Gasteiger partial charge in [-0.05, 0) is 18.8 Å². The Bertz CT molecular complexity index is 290. The maximum absolute atomic E-state index is 12.0. The molecule has 0 aromatic carbocycles. The molecule has 2 atom stereocenters. The van der Waals surface area contributed by atoms with Gasteiger partial charge in [0.1, 0.15) is 6.04 Å². The second kappa shape index (κ2) is 8.91. The second-order valence-corrected chi connectivity index (χ2v) is 5.67. The smallest absolute Gasteiger partial charge is 0.244 e. The molecule has 1 unspecified atom stereocenters.